The van der Waals surface area contributed by atoms with Crippen LogP contribution in [0, 0.1) is 0 Å². The molecule has 2 bridgehead atoms. The number of carbonyl (C=O) groups is 1. The number of halogens is 1. The van der Waals surface area contributed by atoms with Crippen LogP contribution in [0.2, 0.25) is 0 Å². The Morgan fingerprint density at radius 1 is 1.24 bits per heavy atom. The van der Waals surface area contributed by atoms with Gasteiger partial charge in [-0.2, -0.15) is 0 Å². The lowest BCUT2D eigenvalue weighted by Gasteiger charge is -2.37. The summed E-state index contributed by atoms with van der Waals surface area (Å²) in [7, 11) is 0. The van der Waals surface area contributed by atoms with Crippen molar-refractivity contribution < 1.29 is 18.7 Å². The number of anilines is 1. The number of alkyl halides is 1. The number of pyridine rings is 1. The fourth-order valence-corrected chi connectivity index (χ4v) is 4.49. The Balaban J connectivity index is 1.37. The maximum atomic E-state index is 14.7. The molecular weight excluding hydrogens is 375 g/mol. The van der Waals surface area contributed by atoms with Gasteiger partial charge in [-0.15, -0.1) is 0 Å². The number of aromatic nitrogens is 1. The molecule has 3 fully saturated rings. The molecular formula is C21H31FN4O3. The van der Waals surface area contributed by atoms with Crippen molar-refractivity contribution in [3.63, 3.8) is 0 Å². The zero-order chi connectivity index (χ0) is 20.6. The van der Waals surface area contributed by atoms with Gasteiger partial charge in [-0.1, -0.05) is 0 Å². The number of nitrogens with zero attached hydrogens (tertiary/aromatic N) is 3. The Morgan fingerprint density at radius 3 is 2.62 bits per heavy atom. The van der Waals surface area contributed by atoms with E-state index in [1.807, 2.05) is 12.1 Å². The largest absolute Gasteiger partial charge is 0.471 e. The maximum absolute atomic E-state index is 14.7. The SMILES string of the molecule is CC(C)(C)OC(=O)N1CCC(Oc2cc(N3C4CCC3CNC4)ccn2)C(F)C1. The Morgan fingerprint density at radius 2 is 1.97 bits per heavy atom. The number of fused-ring (bicyclic) bond motifs is 2. The second-order valence-electron chi connectivity index (χ2n) is 9.19. The summed E-state index contributed by atoms with van der Waals surface area (Å²) < 4.78 is 26.0. The Hall–Kier alpha value is -2.09. The van der Waals surface area contributed by atoms with Crippen molar-refractivity contribution in [1.82, 2.24) is 15.2 Å². The fourth-order valence-electron chi connectivity index (χ4n) is 4.49. The van der Waals surface area contributed by atoms with Gasteiger partial charge in [0.25, 0.3) is 0 Å². The van der Waals surface area contributed by atoms with E-state index >= 15 is 0 Å². The van der Waals surface area contributed by atoms with E-state index in [1.165, 1.54) is 17.7 Å². The number of ether oxygens (including phenoxy) is 2. The van der Waals surface area contributed by atoms with Crippen molar-refractivity contribution in [2.24, 2.45) is 0 Å². The molecule has 4 atom stereocenters. The first-order valence-corrected chi connectivity index (χ1v) is 10.5. The number of carbonyl (C=O) groups excluding carboxylic acids is 1. The summed E-state index contributed by atoms with van der Waals surface area (Å²) in [6, 6.07) is 4.91. The van der Waals surface area contributed by atoms with Gasteiger partial charge in [-0.3, -0.25) is 0 Å². The number of rotatable bonds is 3. The summed E-state index contributed by atoms with van der Waals surface area (Å²) >= 11 is 0. The van der Waals surface area contributed by atoms with E-state index in [0.717, 1.165) is 18.8 Å². The van der Waals surface area contributed by atoms with Crippen molar-refractivity contribution >= 4 is 11.8 Å². The lowest BCUT2D eigenvalue weighted by Crippen LogP contribution is -2.52. The topological polar surface area (TPSA) is 66.9 Å². The van der Waals surface area contributed by atoms with E-state index in [9.17, 15) is 9.18 Å². The molecule has 3 saturated heterocycles. The zero-order valence-electron chi connectivity index (χ0n) is 17.4. The quantitative estimate of drug-likeness (QED) is 0.833. The average Bonchev–Trinajstić information content (AvgIpc) is 2.91. The average molecular weight is 407 g/mol. The highest BCUT2D eigenvalue weighted by atomic mass is 19.1. The Bertz CT molecular complexity index is 725. The van der Waals surface area contributed by atoms with Crippen LogP contribution in [0.1, 0.15) is 40.0 Å². The van der Waals surface area contributed by atoms with Crippen molar-refractivity contribution in [1.29, 1.82) is 0 Å². The standard InChI is InChI=1S/C21H31FN4O3/c1-21(2,3)29-20(27)25-9-7-18(17(22)13-25)28-19-10-14(6-8-24-19)26-15-4-5-16(26)12-23-11-15/h6,8,10,15-18,23H,4-5,7,9,11-13H2,1-3H3. The predicted octanol–water partition coefficient (Wildman–Crippen LogP) is 2.75. The molecule has 1 N–H and O–H groups in total. The van der Waals surface area contributed by atoms with E-state index in [4.69, 9.17) is 9.47 Å². The molecule has 0 saturated carbocycles. The third kappa shape index (κ3) is 4.57. The van der Waals surface area contributed by atoms with Gasteiger partial charge in [0.15, 0.2) is 6.17 Å². The first-order chi connectivity index (χ1) is 13.8. The van der Waals surface area contributed by atoms with Crippen molar-refractivity contribution in [2.75, 3.05) is 31.1 Å². The fraction of sp³-hybridized carbons (Fsp3) is 0.714. The highest BCUT2D eigenvalue weighted by molar-refractivity contribution is 5.68. The number of nitrogens with one attached hydrogen (secondary N) is 1. The smallest absolute Gasteiger partial charge is 0.410 e. The van der Waals surface area contributed by atoms with Crippen molar-refractivity contribution in [2.45, 2.75) is 70.0 Å². The highest BCUT2D eigenvalue weighted by Crippen LogP contribution is 2.34. The van der Waals surface area contributed by atoms with Crippen LogP contribution in [-0.2, 0) is 4.74 Å². The molecule has 160 valence electrons. The monoisotopic (exact) mass is 406 g/mol. The zero-order valence-corrected chi connectivity index (χ0v) is 17.4. The Labute approximate surface area is 171 Å². The molecule has 3 aliphatic rings. The molecule has 4 unspecified atom stereocenters. The first-order valence-electron chi connectivity index (χ1n) is 10.5. The summed E-state index contributed by atoms with van der Waals surface area (Å²) in [6.45, 7) is 7.77. The van der Waals surface area contributed by atoms with Gasteiger partial charge in [0.1, 0.15) is 11.7 Å². The second kappa shape index (κ2) is 7.97. The van der Waals surface area contributed by atoms with E-state index in [-0.39, 0.29) is 6.54 Å². The Kier molecular flexibility index (Phi) is 5.55. The summed E-state index contributed by atoms with van der Waals surface area (Å²) in [5.41, 5.74) is 0.495. The lowest BCUT2D eigenvalue weighted by atomic mass is 10.1. The molecule has 7 nitrogen and oxygen atoms in total. The van der Waals surface area contributed by atoms with E-state index in [0.29, 0.717) is 30.9 Å². The molecule has 0 radical (unpaired) electrons. The first kappa shape index (κ1) is 20.2. The summed E-state index contributed by atoms with van der Waals surface area (Å²) in [6.07, 6.45) is 2.14. The molecule has 4 rings (SSSR count). The molecule has 3 aliphatic heterocycles. The summed E-state index contributed by atoms with van der Waals surface area (Å²) in [5.74, 6) is 0.443. The van der Waals surface area contributed by atoms with E-state index in [1.54, 1.807) is 27.0 Å². The number of hydrogen-bond acceptors (Lipinski definition) is 6. The minimum atomic E-state index is -1.28. The van der Waals surface area contributed by atoms with Crippen LogP contribution in [0.5, 0.6) is 5.88 Å². The normalized spacial score (nSPS) is 29.7. The van der Waals surface area contributed by atoms with Gasteiger partial charge < -0.3 is 24.6 Å². The predicted molar refractivity (Wildman–Crippen MR) is 108 cm³/mol. The highest BCUT2D eigenvalue weighted by Gasteiger charge is 2.38. The number of piperidine rings is 1. The van der Waals surface area contributed by atoms with Gasteiger partial charge in [-0.25, -0.2) is 14.2 Å². The van der Waals surface area contributed by atoms with Crippen LogP contribution in [0.15, 0.2) is 18.3 Å². The third-order valence-electron chi connectivity index (χ3n) is 5.80. The van der Waals surface area contributed by atoms with Crippen molar-refractivity contribution in [3.8, 4) is 5.88 Å². The molecule has 0 aliphatic carbocycles. The van der Waals surface area contributed by atoms with Crippen LogP contribution in [-0.4, -0.2) is 72.1 Å². The number of hydrogen-bond donors (Lipinski definition) is 1. The summed E-state index contributed by atoms with van der Waals surface area (Å²) in [4.78, 5) is 20.3. The molecule has 1 aromatic rings. The molecule has 8 heteroatoms. The molecule has 1 amide bonds. The van der Waals surface area contributed by atoms with Crippen LogP contribution < -0.4 is 15.0 Å². The minimum Gasteiger partial charge on any atom is -0.471 e. The number of likely N-dealkylation sites (tertiary alicyclic amines) is 1. The number of piperazine rings is 1. The third-order valence-corrected chi connectivity index (χ3v) is 5.80. The molecule has 0 spiro atoms. The molecule has 29 heavy (non-hydrogen) atoms. The van der Waals surface area contributed by atoms with Crippen molar-refractivity contribution in [3.05, 3.63) is 18.3 Å². The summed E-state index contributed by atoms with van der Waals surface area (Å²) in [5, 5.41) is 3.48. The van der Waals surface area contributed by atoms with E-state index in [2.05, 4.69) is 15.2 Å². The maximum Gasteiger partial charge on any atom is 0.410 e. The van der Waals surface area contributed by atoms with Crippen LogP contribution in [0.4, 0.5) is 14.9 Å². The van der Waals surface area contributed by atoms with Crippen LogP contribution in [0.25, 0.3) is 0 Å². The minimum absolute atomic E-state index is 0.0266. The molecule has 1 aromatic heterocycles. The van der Waals surface area contributed by atoms with E-state index < -0.39 is 24.0 Å². The lowest BCUT2D eigenvalue weighted by molar-refractivity contribution is -0.0114. The van der Waals surface area contributed by atoms with Crippen LogP contribution in [0.3, 0.4) is 0 Å². The second-order valence-corrected chi connectivity index (χ2v) is 9.19. The van der Waals surface area contributed by atoms with Gasteiger partial charge in [0.05, 0.1) is 6.54 Å². The van der Waals surface area contributed by atoms with Gasteiger partial charge in [0, 0.05) is 56.1 Å². The number of amides is 1. The molecule has 0 aromatic carbocycles. The van der Waals surface area contributed by atoms with Gasteiger partial charge in [0.2, 0.25) is 5.88 Å². The van der Waals surface area contributed by atoms with Gasteiger partial charge >= 0.3 is 6.09 Å². The van der Waals surface area contributed by atoms with Crippen LogP contribution >= 0.6 is 0 Å². The molecule has 4 heterocycles. The van der Waals surface area contributed by atoms with Gasteiger partial charge in [-0.05, 0) is 39.7 Å².